The smallest absolute Gasteiger partial charge is 0.339 e. The van der Waals surface area contributed by atoms with Crippen LogP contribution in [-0.2, 0) is 16.0 Å². The summed E-state index contributed by atoms with van der Waals surface area (Å²) in [5.74, 6) is 0.522. The second-order valence-electron chi connectivity index (χ2n) is 12.8. The summed E-state index contributed by atoms with van der Waals surface area (Å²) < 4.78 is 11.2. The number of hydrogen-bond donors (Lipinski definition) is 0. The molecule has 2 aromatic carbocycles. The predicted molar refractivity (Wildman–Crippen MR) is 164 cm³/mol. The first-order valence-electron chi connectivity index (χ1n) is 14.8. The van der Waals surface area contributed by atoms with Crippen molar-refractivity contribution in [1.29, 1.82) is 0 Å². The fraction of sp³-hybridized carbons (Fsp3) is 0.457. The van der Waals surface area contributed by atoms with Crippen LogP contribution in [0.1, 0.15) is 87.5 Å². The quantitative estimate of drug-likeness (QED) is 0.309. The van der Waals surface area contributed by atoms with Crippen molar-refractivity contribution in [2.24, 2.45) is 11.3 Å². The number of benzene rings is 2. The second-order valence-corrected chi connectivity index (χ2v) is 12.8. The predicted octanol–water partition coefficient (Wildman–Crippen LogP) is 7.34. The van der Waals surface area contributed by atoms with Gasteiger partial charge in [-0.1, -0.05) is 51.1 Å². The molecule has 3 atom stereocenters. The van der Waals surface area contributed by atoms with E-state index < -0.39 is 5.97 Å². The summed E-state index contributed by atoms with van der Waals surface area (Å²) in [6.45, 7) is 10.6. The van der Waals surface area contributed by atoms with Crippen molar-refractivity contribution < 1.29 is 19.1 Å². The number of hydrogen-bond acceptors (Lipinski definition) is 5. The van der Waals surface area contributed by atoms with E-state index in [0.717, 1.165) is 71.2 Å². The number of carbonyl (C=O) groups is 2. The molecular weight excluding hydrogens is 512 g/mol. The minimum atomic E-state index is -0.455. The first-order chi connectivity index (χ1) is 19.6. The number of nitrogens with zero attached hydrogens (tertiary/aromatic N) is 2. The van der Waals surface area contributed by atoms with Crippen molar-refractivity contribution in [3.05, 3.63) is 70.9 Å². The lowest BCUT2D eigenvalue weighted by atomic mass is 9.69. The van der Waals surface area contributed by atoms with E-state index in [0.29, 0.717) is 11.5 Å². The maximum absolute atomic E-state index is 13.9. The third-order valence-corrected chi connectivity index (χ3v) is 8.91. The van der Waals surface area contributed by atoms with E-state index >= 15 is 0 Å². The zero-order chi connectivity index (χ0) is 29.3. The molecule has 3 aromatic rings. The highest BCUT2D eigenvalue weighted by molar-refractivity contribution is 6.07. The SMILES string of the molecule is COc1ccc(/C=C2\CC(C(C)(C)C)Cc3c2nc2ccccc2c3C(=O)OCC(=O)N2C(C)CCCC2C)cc1. The number of piperidine rings is 1. The Morgan fingerprint density at radius 3 is 2.34 bits per heavy atom. The molecule has 0 radical (unpaired) electrons. The number of pyridine rings is 1. The van der Waals surface area contributed by atoms with Gasteiger partial charge in [0.25, 0.3) is 5.91 Å². The Balaban J connectivity index is 1.56. The normalized spacial score (nSPS) is 22.0. The van der Waals surface area contributed by atoms with Gasteiger partial charge >= 0.3 is 5.97 Å². The number of ether oxygens (including phenoxy) is 2. The highest BCUT2D eigenvalue weighted by atomic mass is 16.5. The Bertz CT molecular complexity index is 1460. The average Bonchev–Trinajstić information content (AvgIpc) is 2.94. The molecule has 1 saturated heterocycles. The van der Waals surface area contributed by atoms with Gasteiger partial charge in [-0.15, -0.1) is 0 Å². The molecule has 5 rings (SSSR count). The van der Waals surface area contributed by atoms with Crippen LogP contribution in [0.2, 0.25) is 0 Å². The van der Waals surface area contributed by atoms with Crippen molar-refractivity contribution in [1.82, 2.24) is 9.88 Å². The van der Waals surface area contributed by atoms with E-state index in [2.05, 4.69) is 40.7 Å². The van der Waals surface area contributed by atoms with Crippen LogP contribution in [0.5, 0.6) is 5.75 Å². The van der Waals surface area contributed by atoms with Gasteiger partial charge in [-0.05, 0) is 98.3 Å². The van der Waals surface area contributed by atoms with Crippen LogP contribution in [0.15, 0.2) is 48.5 Å². The first kappa shape index (κ1) is 28.8. The van der Waals surface area contributed by atoms with Crippen molar-refractivity contribution in [3.8, 4) is 5.75 Å². The standard InChI is InChI=1S/C35H42N2O4/c1-22-10-9-11-23(2)37(22)31(38)21-41-34(39)32-28-12-7-8-13-30(28)36-33-25(18-24-14-16-27(40-6)17-15-24)19-26(20-29(32)33)35(3,4)5/h7-8,12-18,22-23,26H,9-11,19-21H2,1-6H3/b25-18+. The maximum atomic E-state index is 13.9. The molecule has 1 fully saturated rings. The minimum absolute atomic E-state index is 0.0139. The van der Waals surface area contributed by atoms with Gasteiger partial charge in [0.15, 0.2) is 6.61 Å². The molecule has 3 unspecified atom stereocenters. The van der Waals surface area contributed by atoms with Gasteiger partial charge in [0.1, 0.15) is 5.75 Å². The van der Waals surface area contributed by atoms with Crippen molar-refractivity contribution in [3.63, 3.8) is 0 Å². The summed E-state index contributed by atoms with van der Waals surface area (Å²) in [7, 11) is 1.66. The number of likely N-dealkylation sites (tertiary alicyclic amines) is 1. The van der Waals surface area contributed by atoms with Gasteiger partial charge in [0, 0.05) is 17.5 Å². The van der Waals surface area contributed by atoms with Gasteiger partial charge in [0.05, 0.1) is 23.9 Å². The molecule has 2 heterocycles. The number of rotatable bonds is 5. The monoisotopic (exact) mass is 554 g/mol. The van der Waals surface area contributed by atoms with Gasteiger partial charge in [0.2, 0.25) is 0 Å². The maximum Gasteiger partial charge on any atom is 0.339 e. The van der Waals surface area contributed by atoms with Crippen LogP contribution in [0, 0.1) is 11.3 Å². The molecule has 2 aliphatic rings. The van der Waals surface area contributed by atoms with Crippen LogP contribution in [0.4, 0.5) is 0 Å². The van der Waals surface area contributed by atoms with Crippen molar-refractivity contribution >= 4 is 34.4 Å². The minimum Gasteiger partial charge on any atom is -0.497 e. The van der Waals surface area contributed by atoms with Crippen LogP contribution in [-0.4, -0.2) is 47.6 Å². The molecule has 6 nitrogen and oxygen atoms in total. The zero-order valence-electron chi connectivity index (χ0n) is 25.2. The summed E-state index contributed by atoms with van der Waals surface area (Å²) >= 11 is 0. The molecule has 0 spiro atoms. The Kier molecular flexibility index (Phi) is 8.21. The highest BCUT2D eigenvalue weighted by Crippen LogP contribution is 2.45. The number of esters is 1. The van der Waals surface area contributed by atoms with Crippen molar-refractivity contribution in [2.45, 2.75) is 78.8 Å². The Hall–Kier alpha value is -3.67. The molecule has 6 heteroatoms. The Labute approximate surface area is 243 Å². The summed E-state index contributed by atoms with van der Waals surface area (Å²) in [4.78, 5) is 34.1. The second kappa shape index (κ2) is 11.7. The lowest BCUT2D eigenvalue weighted by molar-refractivity contribution is -0.140. The molecule has 1 aliphatic heterocycles. The highest BCUT2D eigenvalue weighted by Gasteiger charge is 2.36. The molecule has 1 amide bonds. The summed E-state index contributed by atoms with van der Waals surface area (Å²) in [6.07, 6.45) is 6.81. The molecule has 41 heavy (non-hydrogen) atoms. The molecular formula is C35H42N2O4. The largest absolute Gasteiger partial charge is 0.497 e. The summed E-state index contributed by atoms with van der Waals surface area (Å²) in [5.41, 5.74) is 5.20. The molecule has 216 valence electrons. The van der Waals surface area contributed by atoms with Gasteiger partial charge in [-0.3, -0.25) is 4.79 Å². The third kappa shape index (κ3) is 6.02. The number of amides is 1. The first-order valence-corrected chi connectivity index (χ1v) is 14.8. The van der Waals surface area contributed by atoms with E-state index in [-0.39, 0.29) is 30.0 Å². The lowest BCUT2D eigenvalue weighted by Crippen LogP contribution is -2.49. The topological polar surface area (TPSA) is 68.7 Å². The van der Waals surface area contributed by atoms with Gasteiger partial charge in [-0.25, -0.2) is 9.78 Å². The summed E-state index contributed by atoms with van der Waals surface area (Å²) in [6, 6.07) is 16.0. The average molecular weight is 555 g/mol. The molecule has 1 aliphatic carbocycles. The number of para-hydroxylation sites is 1. The zero-order valence-corrected chi connectivity index (χ0v) is 25.2. The number of carbonyl (C=O) groups excluding carboxylic acids is 2. The third-order valence-electron chi connectivity index (χ3n) is 8.91. The Morgan fingerprint density at radius 2 is 1.68 bits per heavy atom. The van der Waals surface area contributed by atoms with Crippen LogP contribution >= 0.6 is 0 Å². The number of methoxy groups -OCH3 is 1. The van der Waals surface area contributed by atoms with E-state index in [9.17, 15) is 9.59 Å². The number of allylic oxidation sites excluding steroid dienone is 1. The molecule has 0 saturated carbocycles. The number of aromatic nitrogens is 1. The van der Waals surface area contributed by atoms with Crippen LogP contribution in [0.3, 0.4) is 0 Å². The fourth-order valence-corrected chi connectivity index (χ4v) is 6.46. The Morgan fingerprint density at radius 1 is 1.00 bits per heavy atom. The van der Waals surface area contributed by atoms with E-state index in [1.54, 1.807) is 7.11 Å². The molecule has 1 aromatic heterocycles. The van der Waals surface area contributed by atoms with Gasteiger partial charge in [-0.2, -0.15) is 0 Å². The van der Waals surface area contributed by atoms with Crippen molar-refractivity contribution in [2.75, 3.05) is 13.7 Å². The summed E-state index contributed by atoms with van der Waals surface area (Å²) in [5, 5.41) is 0.766. The van der Waals surface area contributed by atoms with E-state index in [4.69, 9.17) is 14.5 Å². The van der Waals surface area contributed by atoms with E-state index in [1.165, 1.54) is 0 Å². The van der Waals surface area contributed by atoms with Crippen LogP contribution < -0.4 is 4.74 Å². The molecule has 0 N–H and O–H groups in total. The molecule has 0 bridgehead atoms. The van der Waals surface area contributed by atoms with E-state index in [1.807, 2.05) is 53.4 Å². The van der Waals surface area contributed by atoms with Gasteiger partial charge < -0.3 is 14.4 Å². The van der Waals surface area contributed by atoms with Crippen LogP contribution in [0.25, 0.3) is 22.6 Å². The fourth-order valence-electron chi connectivity index (χ4n) is 6.46. The number of fused-ring (bicyclic) bond motifs is 2. The lowest BCUT2D eigenvalue weighted by Gasteiger charge is -2.39.